The van der Waals surface area contributed by atoms with E-state index < -0.39 is 10.0 Å². The molecule has 1 aliphatic carbocycles. The van der Waals surface area contributed by atoms with Gasteiger partial charge in [-0.25, -0.2) is 8.42 Å². The van der Waals surface area contributed by atoms with E-state index in [0.29, 0.717) is 29.3 Å². The van der Waals surface area contributed by atoms with E-state index in [4.69, 9.17) is 0 Å². The highest BCUT2D eigenvalue weighted by molar-refractivity contribution is 7.89. The summed E-state index contributed by atoms with van der Waals surface area (Å²) in [7, 11) is 0.845. The van der Waals surface area contributed by atoms with Gasteiger partial charge in [0, 0.05) is 18.8 Å². The van der Waals surface area contributed by atoms with Crippen LogP contribution in [0.4, 0.5) is 5.69 Å². The lowest BCUT2D eigenvalue weighted by Crippen LogP contribution is -2.57. The maximum atomic E-state index is 12.8. The van der Waals surface area contributed by atoms with Crippen LogP contribution in [0, 0.1) is 0 Å². The van der Waals surface area contributed by atoms with Gasteiger partial charge in [-0.2, -0.15) is 4.31 Å². The molecule has 0 radical (unpaired) electrons. The van der Waals surface area contributed by atoms with Crippen molar-refractivity contribution < 1.29 is 17.7 Å². The Hall–Kier alpha value is -1.44. The lowest BCUT2D eigenvalue weighted by atomic mass is 10.1. The summed E-state index contributed by atoms with van der Waals surface area (Å²) in [5.74, 6) is -0.0259. The molecule has 0 bridgehead atoms. The second kappa shape index (κ2) is 7.89. The number of rotatable bonds is 6. The van der Waals surface area contributed by atoms with E-state index in [0.717, 1.165) is 12.8 Å². The van der Waals surface area contributed by atoms with Gasteiger partial charge in [0.15, 0.2) is 6.04 Å². The third-order valence-corrected chi connectivity index (χ3v) is 8.38. The zero-order chi connectivity index (χ0) is 19.7. The van der Waals surface area contributed by atoms with Crippen LogP contribution in [0.5, 0.6) is 0 Å². The summed E-state index contributed by atoms with van der Waals surface area (Å²) in [5, 5.41) is 2.96. The van der Waals surface area contributed by atoms with Crippen molar-refractivity contribution in [2.75, 3.05) is 32.5 Å². The second-order valence-corrected chi connectivity index (χ2v) is 10.3. The molecule has 0 aromatic heterocycles. The van der Waals surface area contributed by atoms with Crippen LogP contribution < -0.4 is 5.32 Å². The van der Waals surface area contributed by atoms with E-state index in [2.05, 4.69) is 19.4 Å². The van der Waals surface area contributed by atoms with Crippen LogP contribution >= 0.6 is 0 Å². The molecule has 1 amide bonds. The minimum atomic E-state index is -3.42. The van der Waals surface area contributed by atoms with Crippen molar-refractivity contribution in [3.63, 3.8) is 0 Å². The summed E-state index contributed by atoms with van der Waals surface area (Å²) in [6.45, 7) is 3.15. The lowest BCUT2D eigenvalue weighted by molar-refractivity contribution is -0.927. The van der Waals surface area contributed by atoms with Crippen LogP contribution in [0.15, 0.2) is 29.2 Å². The summed E-state index contributed by atoms with van der Waals surface area (Å²) < 4.78 is 27.4. The van der Waals surface area contributed by atoms with Gasteiger partial charge in [-0.05, 0) is 69.7 Å². The summed E-state index contributed by atoms with van der Waals surface area (Å²) in [4.78, 5) is 13.0. The molecule has 2 fully saturated rings. The first kappa shape index (κ1) is 20.3. The van der Waals surface area contributed by atoms with E-state index in [1.807, 2.05) is 6.92 Å². The van der Waals surface area contributed by atoms with E-state index in [9.17, 15) is 13.2 Å². The topological polar surface area (TPSA) is 66.5 Å². The van der Waals surface area contributed by atoms with Gasteiger partial charge in [0.25, 0.3) is 5.91 Å². The summed E-state index contributed by atoms with van der Waals surface area (Å²) in [6, 6.07) is 6.90. The van der Waals surface area contributed by atoms with E-state index in [1.54, 1.807) is 24.3 Å². The Morgan fingerprint density at radius 1 is 1.07 bits per heavy atom. The van der Waals surface area contributed by atoms with Crippen LogP contribution in [0.25, 0.3) is 0 Å². The molecule has 1 heterocycles. The van der Waals surface area contributed by atoms with Crippen LogP contribution in [0.1, 0.15) is 45.4 Å². The molecular formula is C20H32N3O3S+. The molecule has 1 saturated heterocycles. The highest BCUT2D eigenvalue weighted by atomic mass is 32.2. The molecule has 1 N–H and O–H groups in total. The highest BCUT2D eigenvalue weighted by Gasteiger charge is 2.39. The van der Waals surface area contributed by atoms with Crippen molar-refractivity contribution in [1.29, 1.82) is 0 Å². The Morgan fingerprint density at radius 3 is 2.19 bits per heavy atom. The predicted molar refractivity (Wildman–Crippen MR) is 107 cm³/mol. The zero-order valence-electron chi connectivity index (χ0n) is 16.6. The van der Waals surface area contributed by atoms with Gasteiger partial charge in [0.05, 0.1) is 25.0 Å². The lowest BCUT2D eigenvalue weighted by Gasteiger charge is -2.40. The molecule has 27 heavy (non-hydrogen) atoms. The van der Waals surface area contributed by atoms with Crippen LogP contribution in [0.3, 0.4) is 0 Å². The van der Waals surface area contributed by atoms with Crippen LogP contribution in [0.2, 0.25) is 0 Å². The van der Waals surface area contributed by atoms with Gasteiger partial charge in [0.1, 0.15) is 0 Å². The molecule has 1 aromatic rings. The summed E-state index contributed by atoms with van der Waals surface area (Å²) in [5.41, 5.74) is 0.638. The van der Waals surface area contributed by atoms with Crippen molar-refractivity contribution in [2.45, 2.75) is 62.4 Å². The van der Waals surface area contributed by atoms with E-state index in [-0.39, 0.29) is 16.8 Å². The van der Waals surface area contributed by atoms with Crippen LogP contribution in [-0.2, 0) is 14.8 Å². The van der Waals surface area contributed by atoms with Gasteiger partial charge < -0.3 is 9.80 Å². The van der Waals surface area contributed by atoms with Gasteiger partial charge in [-0.1, -0.05) is 0 Å². The number of quaternary nitrogens is 1. The molecule has 6 nitrogen and oxygen atoms in total. The Morgan fingerprint density at radius 2 is 1.63 bits per heavy atom. The number of carbonyl (C=O) groups excluding carboxylic acids is 1. The minimum Gasteiger partial charge on any atom is -0.321 e. The molecule has 3 rings (SSSR count). The number of nitrogens with zero attached hydrogens (tertiary/aromatic N) is 2. The molecule has 7 heteroatoms. The average molecular weight is 395 g/mol. The fraction of sp³-hybridized carbons (Fsp3) is 0.650. The number of nitrogens with one attached hydrogen (secondary N) is 1. The molecule has 150 valence electrons. The maximum absolute atomic E-state index is 12.8. The Bertz CT molecular complexity index is 762. The largest absolute Gasteiger partial charge is 0.321 e. The molecule has 1 aliphatic heterocycles. The predicted octanol–water partition coefficient (Wildman–Crippen LogP) is 2.82. The van der Waals surface area contributed by atoms with Crippen molar-refractivity contribution >= 4 is 21.6 Å². The average Bonchev–Trinajstić information content (AvgIpc) is 3.35. The molecule has 1 aromatic carbocycles. The fourth-order valence-corrected chi connectivity index (χ4v) is 5.74. The van der Waals surface area contributed by atoms with Crippen molar-refractivity contribution in [2.24, 2.45) is 0 Å². The van der Waals surface area contributed by atoms with E-state index in [1.165, 1.54) is 30.0 Å². The third kappa shape index (κ3) is 4.20. The first-order valence-electron chi connectivity index (χ1n) is 9.97. The molecule has 1 saturated carbocycles. The molecule has 1 atom stereocenters. The summed E-state index contributed by atoms with van der Waals surface area (Å²) in [6.07, 6.45) is 6.67. The molecule has 2 aliphatic rings. The second-order valence-electron chi connectivity index (χ2n) is 8.37. The summed E-state index contributed by atoms with van der Waals surface area (Å²) >= 11 is 0. The van der Waals surface area contributed by atoms with Crippen molar-refractivity contribution in [3.8, 4) is 0 Å². The van der Waals surface area contributed by atoms with E-state index >= 15 is 0 Å². The number of anilines is 1. The smallest absolute Gasteiger partial charge is 0.282 e. The molecule has 0 spiro atoms. The maximum Gasteiger partial charge on any atom is 0.282 e. The Balaban J connectivity index is 1.66. The number of benzene rings is 1. The number of sulfonamides is 1. The van der Waals surface area contributed by atoms with Gasteiger partial charge in [0.2, 0.25) is 10.0 Å². The van der Waals surface area contributed by atoms with Gasteiger partial charge in [-0.15, -0.1) is 0 Å². The van der Waals surface area contributed by atoms with Crippen molar-refractivity contribution in [3.05, 3.63) is 24.3 Å². The fourth-order valence-electron chi connectivity index (χ4n) is 4.22. The first-order chi connectivity index (χ1) is 12.7. The zero-order valence-corrected chi connectivity index (χ0v) is 17.5. The van der Waals surface area contributed by atoms with Gasteiger partial charge in [-0.3, -0.25) is 4.79 Å². The quantitative estimate of drug-likeness (QED) is 0.755. The SMILES string of the molecule is C[C@H](C(=O)Nc1ccc(S(=O)(=O)N2CCCC2)cc1)[N+](C)(C)C1CCCC1. The van der Waals surface area contributed by atoms with Gasteiger partial charge >= 0.3 is 0 Å². The number of amides is 1. The number of hydrogen-bond acceptors (Lipinski definition) is 3. The normalized spacial score (nSPS) is 20.7. The number of likely N-dealkylation sites (N-methyl/N-ethyl adjacent to an activating group) is 1. The molecular weight excluding hydrogens is 362 g/mol. The number of carbonyl (C=O) groups is 1. The Kier molecular flexibility index (Phi) is 5.93. The first-order valence-corrected chi connectivity index (χ1v) is 11.4. The number of hydrogen-bond donors (Lipinski definition) is 1. The van der Waals surface area contributed by atoms with Crippen LogP contribution in [-0.4, -0.2) is 62.4 Å². The molecule has 0 unspecified atom stereocenters. The monoisotopic (exact) mass is 394 g/mol. The standard InChI is InChI=1S/C20H31N3O3S/c1-16(23(2,3)18-8-4-5-9-18)20(24)21-17-10-12-19(13-11-17)27(25,26)22-14-6-7-15-22/h10-13,16,18H,4-9,14-15H2,1-3H3/p+1/t16-/m1/s1. The Labute approximate surface area is 163 Å². The highest BCUT2D eigenvalue weighted by Crippen LogP contribution is 2.29. The third-order valence-electron chi connectivity index (χ3n) is 6.47. The minimum absolute atomic E-state index is 0.0259. The van der Waals surface area contributed by atoms with Crippen molar-refractivity contribution in [1.82, 2.24) is 4.31 Å².